The highest BCUT2D eigenvalue weighted by molar-refractivity contribution is 6.04. The van der Waals surface area contributed by atoms with Crippen LogP contribution in [-0.4, -0.2) is 135 Å². The third-order valence-corrected chi connectivity index (χ3v) is 10.4. The van der Waals surface area contributed by atoms with Crippen molar-refractivity contribution in [1.82, 2.24) is 14.7 Å². The summed E-state index contributed by atoms with van der Waals surface area (Å²) in [4.78, 5) is 45.0. The molecule has 3 aliphatic rings. The molecule has 0 unspecified atom stereocenters. The second-order valence-electron chi connectivity index (χ2n) is 14.7. The van der Waals surface area contributed by atoms with Gasteiger partial charge < -0.3 is 33.9 Å². The molecule has 3 saturated heterocycles. The highest BCUT2D eigenvalue weighted by atomic mass is 16.7. The fourth-order valence-electron chi connectivity index (χ4n) is 7.52. The van der Waals surface area contributed by atoms with Crippen LogP contribution in [0.5, 0.6) is 0 Å². The van der Waals surface area contributed by atoms with Gasteiger partial charge in [0.05, 0.1) is 17.8 Å². The van der Waals surface area contributed by atoms with Gasteiger partial charge in [0, 0.05) is 44.7 Å². The molecule has 9 atom stereocenters. The van der Waals surface area contributed by atoms with Crippen LogP contribution < -0.4 is 0 Å². The van der Waals surface area contributed by atoms with Gasteiger partial charge in [-0.25, -0.2) is 0 Å². The predicted octanol–water partition coefficient (Wildman–Crippen LogP) is 2.58. The van der Waals surface area contributed by atoms with E-state index in [1.54, 1.807) is 27.9 Å². The number of esters is 1. The molecule has 0 aromatic heterocycles. The van der Waals surface area contributed by atoms with Crippen LogP contribution in [0, 0.1) is 23.2 Å². The maximum absolute atomic E-state index is 14.2. The summed E-state index contributed by atoms with van der Waals surface area (Å²) in [5, 5.41) is 11.3. The Kier molecular flexibility index (Phi) is 12.8. The molecule has 0 aromatic carbocycles. The average molecular weight is 626 g/mol. The molecule has 1 amide bonds. The summed E-state index contributed by atoms with van der Waals surface area (Å²) in [6.07, 6.45) is 1.92. The molecule has 3 aliphatic heterocycles. The molecule has 44 heavy (non-hydrogen) atoms. The smallest absolute Gasteiger partial charge is 0.319 e. The number of piperidine rings is 1. The van der Waals surface area contributed by atoms with Gasteiger partial charge in [-0.05, 0) is 92.8 Å². The number of nitrogens with zero attached hydrogens (tertiary/aromatic N) is 3. The van der Waals surface area contributed by atoms with E-state index in [0.29, 0.717) is 18.8 Å². The highest BCUT2D eigenvalue weighted by Crippen LogP contribution is 2.38. The van der Waals surface area contributed by atoms with Crippen molar-refractivity contribution in [3.05, 3.63) is 0 Å². The van der Waals surface area contributed by atoms with Crippen molar-refractivity contribution in [2.24, 2.45) is 23.2 Å². The number of amides is 1. The van der Waals surface area contributed by atoms with Crippen molar-refractivity contribution in [1.29, 1.82) is 0 Å². The van der Waals surface area contributed by atoms with Crippen molar-refractivity contribution in [3.63, 3.8) is 0 Å². The summed E-state index contributed by atoms with van der Waals surface area (Å²) in [6, 6.07) is -0.214. The van der Waals surface area contributed by atoms with Crippen LogP contribution in [0.2, 0.25) is 0 Å². The summed E-state index contributed by atoms with van der Waals surface area (Å²) >= 11 is 0. The lowest BCUT2D eigenvalue weighted by Gasteiger charge is -2.47. The molecule has 1 N–H and O–H groups in total. The first kappa shape index (κ1) is 36.8. The fourth-order valence-corrected chi connectivity index (χ4v) is 7.52. The lowest BCUT2D eigenvalue weighted by atomic mass is 9.74. The van der Waals surface area contributed by atoms with E-state index in [4.69, 9.17) is 18.9 Å². The number of hydrogen-bond donors (Lipinski definition) is 1. The molecule has 11 nitrogen and oxygen atoms in total. The van der Waals surface area contributed by atoms with Gasteiger partial charge in [-0.15, -0.1) is 0 Å². The third-order valence-electron chi connectivity index (χ3n) is 10.4. The number of likely N-dealkylation sites (tertiary alicyclic amines) is 1. The first-order chi connectivity index (χ1) is 20.5. The molecule has 0 bridgehead atoms. The quantitative estimate of drug-likeness (QED) is 0.257. The number of cyclic esters (lactones) is 1. The largest absolute Gasteiger partial charge is 0.463 e. The van der Waals surface area contributed by atoms with Crippen molar-refractivity contribution >= 4 is 18.2 Å². The lowest BCUT2D eigenvalue weighted by Crippen LogP contribution is -2.59. The van der Waals surface area contributed by atoms with Crippen LogP contribution >= 0.6 is 0 Å². The number of aliphatic hydroxyl groups is 1. The van der Waals surface area contributed by atoms with Gasteiger partial charge >= 0.3 is 5.97 Å². The average Bonchev–Trinajstić information content (AvgIpc) is 2.97. The second-order valence-corrected chi connectivity index (χ2v) is 14.7. The number of ketones is 1. The molecule has 0 saturated carbocycles. The normalized spacial score (nSPS) is 38.9. The summed E-state index contributed by atoms with van der Waals surface area (Å²) in [5.41, 5.74) is -2.36. The Morgan fingerprint density at radius 1 is 1.11 bits per heavy atom. The van der Waals surface area contributed by atoms with Crippen LogP contribution in [0.25, 0.3) is 0 Å². The summed E-state index contributed by atoms with van der Waals surface area (Å²) < 4.78 is 24.9. The van der Waals surface area contributed by atoms with E-state index in [1.807, 2.05) is 37.7 Å². The Morgan fingerprint density at radius 3 is 2.32 bits per heavy atom. The SMILES string of the molecule is CO[C@]1(C)C[C@@H](C)CN(C)[C@H](CC2CCN(C=O)CC2)COC(=O)C(C)(C)C(=O)[C@H](C)[C@H]1O[C@@H]1O[C@H](C)C[C@H](N(C)C)[C@H]1O. The minimum absolute atomic E-state index is 0.0330. The van der Waals surface area contributed by atoms with E-state index in [0.717, 1.165) is 45.3 Å². The van der Waals surface area contributed by atoms with Gasteiger partial charge in [-0.1, -0.05) is 13.8 Å². The van der Waals surface area contributed by atoms with E-state index >= 15 is 0 Å². The maximum Gasteiger partial charge on any atom is 0.319 e. The van der Waals surface area contributed by atoms with Gasteiger partial charge in [0.2, 0.25) is 6.41 Å². The molecule has 0 radical (unpaired) electrons. The van der Waals surface area contributed by atoms with Crippen molar-refractivity contribution in [2.45, 2.75) is 116 Å². The molecular weight excluding hydrogens is 566 g/mol. The van der Waals surface area contributed by atoms with Gasteiger partial charge in [0.25, 0.3) is 0 Å². The lowest BCUT2D eigenvalue weighted by molar-refractivity contribution is -0.295. The molecule has 3 fully saturated rings. The van der Waals surface area contributed by atoms with E-state index in [-0.39, 0.29) is 36.5 Å². The summed E-state index contributed by atoms with van der Waals surface area (Å²) in [5.74, 6) is -1.10. The second kappa shape index (κ2) is 15.3. The fraction of sp³-hybridized carbons (Fsp3) is 0.909. The molecule has 0 aliphatic carbocycles. The first-order valence-corrected chi connectivity index (χ1v) is 16.4. The van der Waals surface area contributed by atoms with Gasteiger partial charge in [0.15, 0.2) is 12.1 Å². The number of aliphatic hydroxyl groups excluding tert-OH is 1. The van der Waals surface area contributed by atoms with Crippen LogP contribution in [0.15, 0.2) is 0 Å². The van der Waals surface area contributed by atoms with Crippen molar-refractivity contribution in [3.8, 4) is 0 Å². The van der Waals surface area contributed by atoms with Gasteiger partial charge in [-0.2, -0.15) is 0 Å². The highest BCUT2D eigenvalue weighted by Gasteiger charge is 2.51. The summed E-state index contributed by atoms with van der Waals surface area (Å²) in [6.45, 7) is 13.4. The van der Waals surface area contributed by atoms with Gasteiger partial charge in [-0.3, -0.25) is 19.3 Å². The minimum Gasteiger partial charge on any atom is -0.463 e. The maximum atomic E-state index is 14.2. The predicted molar refractivity (Wildman–Crippen MR) is 167 cm³/mol. The van der Waals surface area contributed by atoms with E-state index in [2.05, 4.69) is 18.9 Å². The molecule has 11 heteroatoms. The number of carbonyl (C=O) groups is 3. The molecule has 0 spiro atoms. The van der Waals surface area contributed by atoms with Crippen LogP contribution in [0.4, 0.5) is 0 Å². The number of methoxy groups -OCH3 is 1. The zero-order chi connectivity index (χ0) is 33.0. The zero-order valence-electron chi connectivity index (χ0n) is 28.8. The number of likely N-dealkylation sites (N-methyl/N-ethyl adjacent to an activating group) is 2. The Hall–Kier alpha value is -1.63. The number of Topliss-reactive ketones (excluding diaryl/α,β-unsaturated/α-hetero) is 1. The molecule has 0 aromatic rings. The minimum atomic E-state index is -1.43. The molecule has 3 heterocycles. The monoisotopic (exact) mass is 625 g/mol. The Bertz CT molecular complexity index is 971. The van der Waals surface area contributed by atoms with E-state index in [9.17, 15) is 19.5 Å². The van der Waals surface area contributed by atoms with Crippen molar-refractivity contribution < 1.29 is 38.4 Å². The standard InChI is InChI=1S/C33H59N3O8/c1-21-17-33(6,41-10)29(44-30-27(38)26(34(7)8)15-22(2)43-30)23(3)28(39)32(4,5)31(40)42-19-25(35(9)18-21)16-24-11-13-36(20-37)14-12-24/h20-27,29-30,38H,11-19H2,1-10H3/t21-,22-,23+,25-,26+,27-,29-,30+,33-/m1/s1. The molecule has 254 valence electrons. The summed E-state index contributed by atoms with van der Waals surface area (Å²) in [7, 11) is 7.52. The molecular formula is C33H59N3O8. The number of rotatable bonds is 7. The Morgan fingerprint density at radius 2 is 1.75 bits per heavy atom. The number of hydrogen-bond acceptors (Lipinski definition) is 10. The number of carbonyl (C=O) groups excluding carboxylic acids is 3. The molecule has 3 rings (SSSR count). The zero-order valence-corrected chi connectivity index (χ0v) is 28.8. The van der Waals surface area contributed by atoms with Crippen molar-refractivity contribution in [2.75, 3.05) is 54.5 Å². The third kappa shape index (κ3) is 8.59. The van der Waals surface area contributed by atoms with E-state index < -0.39 is 41.4 Å². The number of ether oxygens (including phenoxy) is 4. The first-order valence-electron chi connectivity index (χ1n) is 16.4. The van der Waals surface area contributed by atoms with Crippen LogP contribution in [0.1, 0.15) is 73.6 Å². The van der Waals surface area contributed by atoms with E-state index in [1.165, 1.54) is 0 Å². The van der Waals surface area contributed by atoms with Crippen LogP contribution in [-0.2, 0) is 33.3 Å². The topological polar surface area (TPSA) is 118 Å². The Balaban J connectivity index is 1.93. The Labute approximate surface area is 264 Å². The van der Waals surface area contributed by atoms with Crippen LogP contribution in [0.3, 0.4) is 0 Å². The van der Waals surface area contributed by atoms with Gasteiger partial charge in [0.1, 0.15) is 18.1 Å².